The third kappa shape index (κ3) is 3.64. The number of amides is 1. The van der Waals surface area contributed by atoms with Gasteiger partial charge in [-0.05, 0) is 40.5 Å². The van der Waals surface area contributed by atoms with E-state index < -0.39 is 10.8 Å². The molecule has 1 amide bonds. The van der Waals surface area contributed by atoms with Gasteiger partial charge in [0.25, 0.3) is 5.91 Å². The smallest absolute Gasteiger partial charge is 0.320 e. The van der Waals surface area contributed by atoms with Gasteiger partial charge in [-0.25, -0.2) is 0 Å². The lowest BCUT2D eigenvalue weighted by molar-refractivity contribution is -0.385. The largest absolute Gasteiger partial charge is 0.322 e. The van der Waals surface area contributed by atoms with Crippen molar-refractivity contribution in [1.29, 1.82) is 0 Å². The van der Waals surface area contributed by atoms with Gasteiger partial charge in [-0.3, -0.25) is 24.3 Å². The molecule has 2 aromatic heterocycles. The van der Waals surface area contributed by atoms with E-state index >= 15 is 0 Å². The number of nitro groups is 1. The van der Waals surface area contributed by atoms with Gasteiger partial charge in [0, 0.05) is 18.9 Å². The van der Waals surface area contributed by atoms with Gasteiger partial charge in [0.1, 0.15) is 5.69 Å². The van der Waals surface area contributed by atoms with Crippen LogP contribution in [0.5, 0.6) is 0 Å². The summed E-state index contributed by atoms with van der Waals surface area (Å²) in [6.45, 7) is 2.03. The monoisotopic (exact) mass is 418 g/mol. The second-order valence-electron chi connectivity index (χ2n) is 5.67. The average Bonchev–Trinajstić information content (AvgIpc) is 3.09. The summed E-state index contributed by atoms with van der Waals surface area (Å²) in [5, 5.41) is 22.1. The molecule has 0 saturated carbocycles. The van der Waals surface area contributed by atoms with Crippen molar-refractivity contribution in [2.75, 3.05) is 5.32 Å². The van der Waals surface area contributed by atoms with Crippen molar-refractivity contribution in [3.8, 4) is 0 Å². The predicted octanol–water partition coefficient (Wildman–Crippen LogP) is 2.90. The van der Waals surface area contributed by atoms with Crippen molar-refractivity contribution in [3.63, 3.8) is 0 Å². The van der Waals surface area contributed by atoms with Crippen LogP contribution in [-0.2, 0) is 13.6 Å². The number of benzene rings is 1. The lowest BCUT2D eigenvalue weighted by Gasteiger charge is -2.08. The molecule has 26 heavy (non-hydrogen) atoms. The van der Waals surface area contributed by atoms with E-state index in [0.717, 1.165) is 10.0 Å². The van der Waals surface area contributed by atoms with E-state index in [1.165, 1.54) is 18.7 Å². The van der Waals surface area contributed by atoms with E-state index in [1.54, 1.807) is 29.1 Å². The third-order valence-corrected chi connectivity index (χ3v) is 4.13. The van der Waals surface area contributed by atoms with Crippen LogP contribution in [0.2, 0.25) is 0 Å². The van der Waals surface area contributed by atoms with Crippen LogP contribution < -0.4 is 5.32 Å². The van der Waals surface area contributed by atoms with Gasteiger partial charge in [-0.1, -0.05) is 12.1 Å². The number of aromatic nitrogens is 4. The zero-order valence-corrected chi connectivity index (χ0v) is 15.6. The molecule has 0 radical (unpaired) electrons. The number of hydrogen-bond acceptors (Lipinski definition) is 5. The van der Waals surface area contributed by atoms with Crippen LogP contribution in [0.4, 0.5) is 11.4 Å². The van der Waals surface area contributed by atoms with E-state index in [4.69, 9.17) is 0 Å². The Morgan fingerprint density at radius 1 is 1.42 bits per heavy atom. The Balaban J connectivity index is 1.82. The summed E-state index contributed by atoms with van der Waals surface area (Å²) in [6.07, 6.45) is 3.53. The van der Waals surface area contributed by atoms with Crippen molar-refractivity contribution in [1.82, 2.24) is 19.6 Å². The minimum Gasteiger partial charge on any atom is -0.320 e. The molecular weight excluding hydrogens is 404 g/mol. The SMILES string of the molecule is Cc1nn(C)c(C(=O)Nc2cccc(Cn3cc(Br)cn3)c2)c1[N+](=O)[O-]. The Labute approximate surface area is 156 Å². The lowest BCUT2D eigenvalue weighted by Crippen LogP contribution is -2.17. The highest BCUT2D eigenvalue weighted by molar-refractivity contribution is 9.10. The van der Waals surface area contributed by atoms with Gasteiger partial charge in [-0.2, -0.15) is 10.2 Å². The highest BCUT2D eigenvalue weighted by atomic mass is 79.9. The topological polar surface area (TPSA) is 108 Å². The number of rotatable bonds is 5. The molecule has 0 bridgehead atoms. The normalized spacial score (nSPS) is 10.7. The number of carbonyl (C=O) groups is 1. The third-order valence-electron chi connectivity index (χ3n) is 3.72. The number of nitrogens with one attached hydrogen (secondary N) is 1. The molecule has 9 nitrogen and oxygen atoms in total. The fraction of sp³-hybridized carbons (Fsp3) is 0.188. The quantitative estimate of drug-likeness (QED) is 0.506. The van der Waals surface area contributed by atoms with Crippen molar-refractivity contribution in [2.24, 2.45) is 7.05 Å². The van der Waals surface area contributed by atoms with Crippen LogP contribution in [0.15, 0.2) is 41.1 Å². The maximum Gasteiger partial charge on any atom is 0.322 e. The summed E-state index contributed by atoms with van der Waals surface area (Å²) in [6, 6.07) is 7.21. The van der Waals surface area contributed by atoms with E-state index in [-0.39, 0.29) is 17.1 Å². The summed E-state index contributed by atoms with van der Waals surface area (Å²) in [7, 11) is 1.50. The summed E-state index contributed by atoms with van der Waals surface area (Å²) >= 11 is 3.34. The van der Waals surface area contributed by atoms with Crippen LogP contribution in [0.1, 0.15) is 21.7 Å². The Hall–Kier alpha value is -3.01. The van der Waals surface area contributed by atoms with Crippen molar-refractivity contribution in [2.45, 2.75) is 13.5 Å². The lowest BCUT2D eigenvalue weighted by atomic mass is 10.2. The molecule has 0 aliphatic carbocycles. The zero-order chi connectivity index (χ0) is 18.8. The molecule has 0 aliphatic heterocycles. The van der Waals surface area contributed by atoms with Crippen LogP contribution in [0.25, 0.3) is 0 Å². The minimum atomic E-state index is -0.594. The van der Waals surface area contributed by atoms with Gasteiger partial charge >= 0.3 is 5.69 Å². The van der Waals surface area contributed by atoms with E-state index in [0.29, 0.717) is 12.2 Å². The Morgan fingerprint density at radius 2 is 2.19 bits per heavy atom. The molecule has 2 heterocycles. The molecule has 0 atom stereocenters. The first kappa shape index (κ1) is 17.8. The molecule has 3 rings (SSSR count). The first-order chi connectivity index (χ1) is 12.3. The number of aryl methyl sites for hydroxylation is 2. The van der Waals surface area contributed by atoms with Crippen molar-refractivity contribution in [3.05, 3.63) is 68.2 Å². The van der Waals surface area contributed by atoms with E-state index in [2.05, 4.69) is 31.4 Å². The summed E-state index contributed by atoms with van der Waals surface area (Å²) in [4.78, 5) is 23.2. The standard InChI is InChI=1S/C16H15BrN6O3/c1-10-14(23(25)26)15(21(2)20-10)16(24)19-13-5-3-4-11(6-13)8-22-9-12(17)7-18-22/h3-7,9H,8H2,1-2H3,(H,19,24). The Morgan fingerprint density at radius 3 is 2.85 bits per heavy atom. The Bertz CT molecular complexity index is 994. The maximum atomic E-state index is 12.5. The number of anilines is 1. The van der Waals surface area contributed by atoms with Gasteiger partial charge in [0.15, 0.2) is 0 Å². The second-order valence-corrected chi connectivity index (χ2v) is 6.59. The molecule has 1 N–H and O–H groups in total. The summed E-state index contributed by atoms with van der Waals surface area (Å²) in [5.41, 5.74) is 1.28. The number of hydrogen-bond donors (Lipinski definition) is 1. The molecule has 1 aromatic carbocycles. The maximum absolute atomic E-state index is 12.5. The van der Waals surface area contributed by atoms with Crippen LogP contribution in [0.3, 0.4) is 0 Å². The molecule has 0 spiro atoms. The number of carbonyl (C=O) groups excluding carboxylic acids is 1. The van der Waals surface area contributed by atoms with E-state index in [1.807, 2.05) is 12.3 Å². The molecule has 3 aromatic rings. The number of nitrogens with zero attached hydrogens (tertiary/aromatic N) is 5. The predicted molar refractivity (Wildman–Crippen MR) is 98.0 cm³/mol. The first-order valence-electron chi connectivity index (χ1n) is 7.61. The summed E-state index contributed by atoms with van der Waals surface area (Å²) < 4.78 is 3.84. The molecule has 134 valence electrons. The first-order valence-corrected chi connectivity index (χ1v) is 8.40. The Kier molecular flexibility index (Phi) is 4.85. The summed E-state index contributed by atoms with van der Waals surface area (Å²) in [5.74, 6) is -0.584. The van der Waals surface area contributed by atoms with Crippen molar-refractivity contribution < 1.29 is 9.72 Å². The fourth-order valence-electron chi connectivity index (χ4n) is 2.67. The van der Waals surface area contributed by atoms with E-state index in [9.17, 15) is 14.9 Å². The molecule has 0 fully saturated rings. The molecule has 0 aliphatic rings. The number of halogens is 1. The van der Waals surface area contributed by atoms with Gasteiger partial charge in [0.05, 0.1) is 22.1 Å². The highest BCUT2D eigenvalue weighted by Crippen LogP contribution is 2.23. The zero-order valence-electron chi connectivity index (χ0n) is 14.0. The molecule has 0 saturated heterocycles. The van der Waals surface area contributed by atoms with Gasteiger partial charge in [0.2, 0.25) is 5.69 Å². The van der Waals surface area contributed by atoms with Crippen LogP contribution in [-0.4, -0.2) is 30.4 Å². The van der Waals surface area contributed by atoms with Crippen LogP contribution in [0, 0.1) is 17.0 Å². The van der Waals surface area contributed by atoms with Crippen LogP contribution >= 0.6 is 15.9 Å². The molecule has 10 heteroatoms. The molecular formula is C16H15BrN6O3. The van der Waals surface area contributed by atoms with Crippen molar-refractivity contribution >= 4 is 33.2 Å². The van der Waals surface area contributed by atoms with Gasteiger partial charge in [-0.15, -0.1) is 0 Å². The second kappa shape index (κ2) is 7.08. The minimum absolute atomic E-state index is 0.0890. The highest BCUT2D eigenvalue weighted by Gasteiger charge is 2.29. The fourth-order valence-corrected chi connectivity index (χ4v) is 3.00. The molecule has 0 unspecified atom stereocenters. The average molecular weight is 419 g/mol. The van der Waals surface area contributed by atoms with Gasteiger partial charge < -0.3 is 5.32 Å².